The number of benzene rings is 1. The van der Waals surface area contributed by atoms with E-state index < -0.39 is 17.9 Å². The highest BCUT2D eigenvalue weighted by atomic mass is 16.4. The normalized spacial score (nSPS) is 12.0. The number of carbonyl (C=O) groups excluding carboxylic acids is 1. The molecule has 0 aliphatic heterocycles. The van der Waals surface area contributed by atoms with Gasteiger partial charge in [0.2, 0.25) is 5.95 Å². The zero-order valence-corrected chi connectivity index (χ0v) is 18.2. The van der Waals surface area contributed by atoms with Crippen molar-refractivity contribution in [3.05, 3.63) is 47.2 Å². The molecule has 3 rings (SSSR count). The molecule has 1 aromatic carbocycles. The maximum absolute atomic E-state index is 12.4. The van der Waals surface area contributed by atoms with Gasteiger partial charge in [-0.3, -0.25) is 4.79 Å². The molecule has 7 N–H and O–H groups in total. The Hall–Kier alpha value is -3.95. The van der Waals surface area contributed by atoms with Crippen molar-refractivity contribution in [1.82, 2.24) is 20.3 Å². The third-order valence-corrected chi connectivity index (χ3v) is 5.08. The molecule has 0 bridgehead atoms. The van der Waals surface area contributed by atoms with Crippen LogP contribution >= 0.6 is 0 Å². The zero-order chi connectivity index (χ0) is 23.4. The second-order valence-corrected chi connectivity index (χ2v) is 8.00. The Morgan fingerprint density at radius 2 is 1.81 bits per heavy atom. The Morgan fingerprint density at radius 1 is 1.12 bits per heavy atom. The van der Waals surface area contributed by atoms with Crippen molar-refractivity contribution in [2.75, 3.05) is 16.8 Å². The molecular weight excluding hydrogens is 410 g/mol. The number of nitrogens with one attached hydrogen (secondary N) is 2. The number of carboxylic acids is 1. The van der Waals surface area contributed by atoms with Gasteiger partial charge in [0, 0.05) is 24.0 Å². The van der Waals surface area contributed by atoms with Gasteiger partial charge in [-0.1, -0.05) is 13.8 Å². The number of aryl methyl sites for hydroxylation is 1. The topological polar surface area (TPSA) is 169 Å². The van der Waals surface area contributed by atoms with Crippen molar-refractivity contribution >= 4 is 40.4 Å². The lowest BCUT2D eigenvalue weighted by molar-refractivity contribution is -0.139. The Bertz CT molecular complexity index is 1150. The van der Waals surface area contributed by atoms with Crippen molar-refractivity contribution < 1.29 is 14.7 Å². The van der Waals surface area contributed by atoms with Gasteiger partial charge in [0.15, 0.2) is 5.65 Å². The summed E-state index contributed by atoms with van der Waals surface area (Å²) in [5, 5.41) is 15.8. The summed E-state index contributed by atoms with van der Waals surface area (Å²) in [5.74, 6) is -0.953. The monoisotopic (exact) mass is 437 g/mol. The molecule has 0 fully saturated rings. The summed E-state index contributed by atoms with van der Waals surface area (Å²) in [7, 11) is 0. The van der Waals surface area contributed by atoms with Crippen LogP contribution in [0.1, 0.15) is 41.8 Å². The first-order valence-electron chi connectivity index (χ1n) is 10.2. The number of rotatable bonds is 8. The largest absolute Gasteiger partial charge is 0.480 e. The molecule has 0 aliphatic carbocycles. The molecule has 1 atom stereocenters. The van der Waals surface area contributed by atoms with Crippen LogP contribution in [-0.2, 0) is 11.3 Å². The van der Waals surface area contributed by atoms with Crippen molar-refractivity contribution in [1.29, 1.82) is 0 Å². The number of pyridine rings is 1. The minimum atomic E-state index is -1.04. The standard InChI is InChI=1S/C22H27N7O3/c1-11(2)8-16(21(31)32)27-20(30)13-4-6-15(7-5-13)25-9-14-10-26-19-17(12(14)3)18(23)28-22(24)29-19/h4-7,10-11,16,25H,8-9H2,1-3H3,(H,27,30)(H,31,32)(H4,23,24,26,28,29). The lowest BCUT2D eigenvalue weighted by atomic mass is 10.0. The summed E-state index contributed by atoms with van der Waals surface area (Å²) < 4.78 is 0. The lowest BCUT2D eigenvalue weighted by Crippen LogP contribution is -2.41. The van der Waals surface area contributed by atoms with Crippen LogP contribution in [0.3, 0.4) is 0 Å². The highest BCUT2D eigenvalue weighted by Crippen LogP contribution is 2.24. The van der Waals surface area contributed by atoms with Gasteiger partial charge >= 0.3 is 5.97 Å². The molecule has 2 heterocycles. The third kappa shape index (κ3) is 5.20. The molecule has 168 valence electrons. The van der Waals surface area contributed by atoms with Crippen LogP contribution < -0.4 is 22.1 Å². The van der Waals surface area contributed by atoms with Gasteiger partial charge in [-0.05, 0) is 54.7 Å². The zero-order valence-electron chi connectivity index (χ0n) is 18.2. The van der Waals surface area contributed by atoms with Crippen LogP contribution in [0.25, 0.3) is 11.0 Å². The fourth-order valence-corrected chi connectivity index (χ4v) is 3.38. The molecule has 1 unspecified atom stereocenters. The molecule has 2 aromatic heterocycles. The summed E-state index contributed by atoms with van der Waals surface area (Å²) in [6.07, 6.45) is 2.07. The summed E-state index contributed by atoms with van der Waals surface area (Å²) in [4.78, 5) is 36.2. The van der Waals surface area contributed by atoms with E-state index in [4.69, 9.17) is 11.5 Å². The lowest BCUT2D eigenvalue weighted by Gasteiger charge is -2.16. The van der Waals surface area contributed by atoms with Crippen molar-refractivity contribution in [2.45, 2.75) is 39.8 Å². The van der Waals surface area contributed by atoms with Gasteiger partial charge in [0.05, 0.1) is 5.39 Å². The molecule has 32 heavy (non-hydrogen) atoms. The minimum absolute atomic E-state index is 0.0794. The summed E-state index contributed by atoms with van der Waals surface area (Å²) in [6.45, 7) is 6.21. The van der Waals surface area contributed by atoms with E-state index in [9.17, 15) is 14.7 Å². The predicted molar refractivity (Wildman–Crippen MR) is 123 cm³/mol. The summed E-state index contributed by atoms with van der Waals surface area (Å²) >= 11 is 0. The second-order valence-electron chi connectivity index (χ2n) is 8.00. The number of nitrogens with zero attached hydrogens (tertiary/aromatic N) is 3. The SMILES string of the molecule is Cc1c(CNc2ccc(C(=O)NC(CC(C)C)C(=O)O)cc2)cnc2nc(N)nc(N)c12. The van der Waals surface area contributed by atoms with E-state index in [1.54, 1.807) is 30.5 Å². The van der Waals surface area contributed by atoms with Crippen molar-refractivity contribution in [3.63, 3.8) is 0 Å². The number of nitrogens with two attached hydrogens (primary N) is 2. The molecule has 3 aromatic rings. The first-order chi connectivity index (χ1) is 15.2. The molecule has 0 saturated heterocycles. The number of anilines is 3. The molecule has 10 nitrogen and oxygen atoms in total. The van der Waals surface area contributed by atoms with Crippen LogP contribution in [0.4, 0.5) is 17.5 Å². The average molecular weight is 438 g/mol. The van der Waals surface area contributed by atoms with Gasteiger partial charge in [0.25, 0.3) is 5.91 Å². The first-order valence-corrected chi connectivity index (χ1v) is 10.2. The first kappa shape index (κ1) is 22.7. The number of carbonyl (C=O) groups is 2. The number of hydrogen-bond acceptors (Lipinski definition) is 8. The summed E-state index contributed by atoms with van der Waals surface area (Å²) in [6, 6.07) is 5.89. The van der Waals surface area contributed by atoms with E-state index >= 15 is 0 Å². The molecule has 0 aliphatic rings. The van der Waals surface area contributed by atoms with Crippen molar-refractivity contribution in [2.24, 2.45) is 5.92 Å². The van der Waals surface area contributed by atoms with E-state index in [0.29, 0.717) is 29.6 Å². The Morgan fingerprint density at radius 3 is 2.44 bits per heavy atom. The van der Waals surface area contributed by atoms with E-state index in [0.717, 1.165) is 16.8 Å². The molecule has 0 spiro atoms. The summed E-state index contributed by atoms with van der Waals surface area (Å²) in [5.41, 5.74) is 15.1. The number of amides is 1. The second kappa shape index (κ2) is 9.46. The molecule has 1 amide bonds. The third-order valence-electron chi connectivity index (χ3n) is 5.08. The van der Waals surface area contributed by atoms with Crippen LogP contribution in [-0.4, -0.2) is 38.0 Å². The Kier molecular flexibility index (Phi) is 6.72. The van der Waals surface area contributed by atoms with Crippen LogP contribution in [0.5, 0.6) is 0 Å². The number of carboxylic acid groups (broad SMARTS) is 1. The van der Waals surface area contributed by atoms with E-state index in [-0.39, 0.29) is 17.7 Å². The molecule has 0 radical (unpaired) electrons. The Labute approximate surface area is 185 Å². The van der Waals surface area contributed by atoms with Gasteiger partial charge in [-0.25, -0.2) is 9.78 Å². The van der Waals surface area contributed by atoms with E-state index in [1.807, 2.05) is 20.8 Å². The van der Waals surface area contributed by atoms with Crippen LogP contribution in [0.15, 0.2) is 30.5 Å². The van der Waals surface area contributed by atoms with Gasteiger partial charge in [-0.2, -0.15) is 9.97 Å². The molecule has 10 heteroatoms. The molecular formula is C22H27N7O3. The highest BCUT2D eigenvalue weighted by Gasteiger charge is 2.21. The molecule has 0 saturated carbocycles. The number of nitrogen functional groups attached to an aromatic ring is 2. The number of aliphatic carboxylic acids is 1. The van der Waals surface area contributed by atoms with Gasteiger partial charge in [-0.15, -0.1) is 0 Å². The number of aromatic nitrogens is 3. The fourth-order valence-electron chi connectivity index (χ4n) is 3.38. The fraction of sp³-hybridized carbons (Fsp3) is 0.318. The maximum Gasteiger partial charge on any atom is 0.326 e. The van der Waals surface area contributed by atoms with Crippen LogP contribution in [0.2, 0.25) is 0 Å². The van der Waals surface area contributed by atoms with Crippen molar-refractivity contribution in [3.8, 4) is 0 Å². The van der Waals surface area contributed by atoms with E-state index in [2.05, 4.69) is 25.6 Å². The highest BCUT2D eigenvalue weighted by molar-refractivity contribution is 5.96. The minimum Gasteiger partial charge on any atom is -0.480 e. The quantitative estimate of drug-likeness (QED) is 0.355. The van der Waals surface area contributed by atoms with Gasteiger partial charge in [0.1, 0.15) is 11.9 Å². The van der Waals surface area contributed by atoms with Gasteiger partial charge < -0.3 is 27.2 Å². The maximum atomic E-state index is 12.4. The average Bonchev–Trinajstić information content (AvgIpc) is 2.72. The number of fused-ring (bicyclic) bond motifs is 1. The van der Waals surface area contributed by atoms with Crippen LogP contribution in [0, 0.1) is 12.8 Å². The number of hydrogen-bond donors (Lipinski definition) is 5. The smallest absolute Gasteiger partial charge is 0.326 e. The Balaban J connectivity index is 1.68. The predicted octanol–water partition coefficient (Wildman–Crippen LogP) is 2.34. The van der Waals surface area contributed by atoms with E-state index in [1.165, 1.54) is 0 Å².